The van der Waals surface area contributed by atoms with Gasteiger partial charge in [0.15, 0.2) is 0 Å². The summed E-state index contributed by atoms with van der Waals surface area (Å²) in [7, 11) is 0. The van der Waals surface area contributed by atoms with Crippen LogP contribution < -0.4 is 26.6 Å². The quantitative estimate of drug-likeness (QED) is 0.290. The van der Waals surface area contributed by atoms with Crippen LogP contribution in [-0.2, 0) is 24.0 Å². The second-order valence-corrected chi connectivity index (χ2v) is 5.72. The van der Waals surface area contributed by atoms with Gasteiger partial charge in [-0.05, 0) is 20.3 Å². The largest absolute Gasteiger partial charge is 0.354 e. The topological polar surface area (TPSA) is 146 Å². The number of nitrogens with one attached hydrogen (secondary N) is 5. The van der Waals surface area contributed by atoms with Gasteiger partial charge in [-0.1, -0.05) is 13.8 Å². The minimum absolute atomic E-state index is 0.227. The first kappa shape index (κ1) is 23.4. The molecule has 10 nitrogen and oxygen atoms in total. The first-order chi connectivity index (χ1) is 12.2. The fourth-order valence-corrected chi connectivity index (χ4v) is 1.74. The van der Waals surface area contributed by atoms with Crippen LogP contribution >= 0.6 is 0 Å². The molecule has 0 spiro atoms. The van der Waals surface area contributed by atoms with E-state index in [1.165, 1.54) is 13.8 Å². The Balaban J connectivity index is 4.14. The van der Waals surface area contributed by atoms with Crippen LogP contribution in [0, 0.1) is 0 Å². The lowest BCUT2D eigenvalue weighted by molar-refractivity contribution is -0.131. The maximum atomic E-state index is 11.9. The Kier molecular flexibility index (Phi) is 11.4. The molecule has 5 N–H and O–H groups in total. The molecule has 0 aromatic heterocycles. The van der Waals surface area contributed by atoms with Crippen LogP contribution in [0.5, 0.6) is 0 Å². The molecule has 26 heavy (non-hydrogen) atoms. The Morgan fingerprint density at radius 3 is 1.62 bits per heavy atom. The number of rotatable bonds is 11. The van der Waals surface area contributed by atoms with Gasteiger partial charge in [0.05, 0.1) is 13.1 Å². The molecular formula is C16H29N5O5. The van der Waals surface area contributed by atoms with Crippen LogP contribution in [0.2, 0.25) is 0 Å². The molecule has 0 aliphatic carbocycles. The van der Waals surface area contributed by atoms with Crippen molar-refractivity contribution in [3.63, 3.8) is 0 Å². The van der Waals surface area contributed by atoms with Crippen molar-refractivity contribution in [2.45, 2.75) is 52.6 Å². The molecule has 2 atom stereocenters. The van der Waals surface area contributed by atoms with Crippen molar-refractivity contribution in [1.29, 1.82) is 0 Å². The lowest BCUT2D eigenvalue weighted by atomic mass is 10.3. The van der Waals surface area contributed by atoms with Crippen LogP contribution in [0.25, 0.3) is 0 Å². The number of hydrogen-bond donors (Lipinski definition) is 5. The summed E-state index contributed by atoms with van der Waals surface area (Å²) in [4.78, 5) is 57.9. The van der Waals surface area contributed by atoms with E-state index < -0.39 is 29.8 Å². The number of carbonyl (C=O) groups is 5. The molecule has 0 unspecified atom stereocenters. The zero-order valence-corrected chi connectivity index (χ0v) is 15.7. The summed E-state index contributed by atoms with van der Waals surface area (Å²) in [6, 6.07) is -1.59. The molecule has 0 rings (SSSR count). The van der Waals surface area contributed by atoms with Crippen molar-refractivity contribution in [2.75, 3.05) is 19.6 Å². The Morgan fingerprint density at radius 2 is 1.15 bits per heavy atom. The van der Waals surface area contributed by atoms with Gasteiger partial charge in [0.25, 0.3) is 0 Å². The van der Waals surface area contributed by atoms with Gasteiger partial charge in [0, 0.05) is 13.0 Å². The Bertz CT molecular complexity index is 523. The molecule has 0 heterocycles. The molecule has 0 radical (unpaired) electrons. The van der Waals surface area contributed by atoms with Crippen LogP contribution in [0.3, 0.4) is 0 Å². The Morgan fingerprint density at radius 1 is 0.692 bits per heavy atom. The summed E-state index contributed by atoms with van der Waals surface area (Å²) in [6.07, 6.45) is 1.04. The zero-order chi connectivity index (χ0) is 20.1. The third-order valence-electron chi connectivity index (χ3n) is 3.28. The van der Waals surface area contributed by atoms with Crippen LogP contribution in [0.1, 0.15) is 40.5 Å². The number of amides is 5. The van der Waals surface area contributed by atoms with Gasteiger partial charge >= 0.3 is 0 Å². The predicted molar refractivity (Wildman–Crippen MR) is 94.8 cm³/mol. The van der Waals surface area contributed by atoms with Gasteiger partial charge in [-0.25, -0.2) is 0 Å². The molecule has 10 heteroatoms. The molecule has 0 bridgehead atoms. The van der Waals surface area contributed by atoms with E-state index in [4.69, 9.17) is 0 Å². The average Bonchev–Trinajstić information content (AvgIpc) is 2.61. The van der Waals surface area contributed by atoms with E-state index in [2.05, 4.69) is 26.6 Å². The van der Waals surface area contributed by atoms with Gasteiger partial charge in [0.1, 0.15) is 12.1 Å². The van der Waals surface area contributed by atoms with E-state index in [0.29, 0.717) is 6.54 Å². The van der Waals surface area contributed by atoms with Crippen molar-refractivity contribution >= 4 is 29.5 Å². The highest BCUT2D eigenvalue weighted by molar-refractivity contribution is 5.93. The van der Waals surface area contributed by atoms with E-state index >= 15 is 0 Å². The third kappa shape index (κ3) is 10.3. The van der Waals surface area contributed by atoms with Crippen molar-refractivity contribution < 1.29 is 24.0 Å². The molecule has 5 amide bonds. The minimum atomic E-state index is -0.876. The van der Waals surface area contributed by atoms with E-state index in [0.717, 1.165) is 6.42 Å². The Labute approximate surface area is 153 Å². The Hall–Kier alpha value is -2.65. The molecule has 148 valence electrons. The monoisotopic (exact) mass is 371 g/mol. The highest BCUT2D eigenvalue weighted by Crippen LogP contribution is 1.85. The lowest BCUT2D eigenvalue weighted by Crippen LogP contribution is -2.51. The fraction of sp³-hybridized carbons (Fsp3) is 0.688. The maximum absolute atomic E-state index is 11.9. The average molecular weight is 371 g/mol. The highest BCUT2D eigenvalue weighted by Gasteiger charge is 2.18. The van der Waals surface area contributed by atoms with Crippen molar-refractivity contribution in [3.8, 4) is 0 Å². The first-order valence-electron chi connectivity index (χ1n) is 8.62. The van der Waals surface area contributed by atoms with E-state index in [1.54, 1.807) is 6.92 Å². The number of hydrogen-bond acceptors (Lipinski definition) is 5. The SMILES string of the molecule is CCCNC(=O)[C@H](C)NC(=O)CNC(=O)[C@H](C)NC(=O)CNC(=O)CC. The van der Waals surface area contributed by atoms with Gasteiger partial charge < -0.3 is 26.6 Å². The van der Waals surface area contributed by atoms with Gasteiger partial charge in [-0.3, -0.25) is 24.0 Å². The predicted octanol–water partition coefficient (Wildman–Crippen LogP) is -1.84. The zero-order valence-electron chi connectivity index (χ0n) is 15.7. The molecule has 0 fully saturated rings. The molecular weight excluding hydrogens is 342 g/mol. The van der Waals surface area contributed by atoms with Gasteiger partial charge in [-0.2, -0.15) is 0 Å². The summed E-state index contributed by atoms with van der Waals surface area (Å²) >= 11 is 0. The molecule has 0 aliphatic heterocycles. The fourth-order valence-electron chi connectivity index (χ4n) is 1.74. The third-order valence-corrected chi connectivity index (χ3v) is 3.28. The van der Waals surface area contributed by atoms with Gasteiger partial charge in [-0.15, -0.1) is 0 Å². The van der Waals surface area contributed by atoms with Gasteiger partial charge in [0.2, 0.25) is 29.5 Å². The van der Waals surface area contributed by atoms with Crippen molar-refractivity contribution in [1.82, 2.24) is 26.6 Å². The van der Waals surface area contributed by atoms with Crippen LogP contribution in [0.4, 0.5) is 0 Å². The minimum Gasteiger partial charge on any atom is -0.354 e. The summed E-state index contributed by atoms with van der Waals surface area (Å²) in [5.74, 6) is -2.17. The normalized spacial score (nSPS) is 12.3. The standard InChI is InChI=1S/C16H29N5O5/c1-5-7-17-15(25)10(3)20-14(24)9-19-16(26)11(4)21-13(23)8-18-12(22)6-2/h10-11H,5-9H2,1-4H3,(H,17,25)(H,18,22)(H,19,26)(H,20,24)(H,21,23)/t10-,11-/m0/s1. The van der Waals surface area contributed by atoms with Crippen molar-refractivity contribution in [2.24, 2.45) is 0 Å². The lowest BCUT2D eigenvalue weighted by Gasteiger charge is -2.16. The molecule has 0 aromatic rings. The van der Waals surface area contributed by atoms with Crippen LogP contribution in [-0.4, -0.2) is 61.3 Å². The highest BCUT2D eigenvalue weighted by atomic mass is 16.2. The maximum Gasteiger partial charge on any atom is 0.242 e. The van der Waals surface area contributed by atoms with Crippen LogP contribution in [0.15, 0.2) is 0 Å². The second kappa shape index (κ2) is 12.7. The molecule has 0 saturated heterocycles. The summed E-state index contributed by atoms with van der Waals surface area (Å²) < 4.78 is 0. The summed E-state index contributed by atoms with van der Waals surface area (Å²) in [5.41, 5.74) is 0. The molecule has 0 aliphatic rings. The molecule has 0 aromatic carbocycles. The van der Waals surface area contributed by atoms with E-state index in [-0.39, 0.29) is 31.3 Å². The summed E-state index contributed by atoms with van der Waals surface area (Å²) in [6.45, 7) is 6.53. The van der Waals surface area contributed by atoms with E-state index in [9.17, 15) is 24.0 Å². The first-order valence-corrected chi connectivity index (χ1v) is 8.62. The van der Waals surface area contributed by atoms with Crippen molar-refractivity contribution in [3.05, 3.63) is 0 Å². The molecule has 0 saturated carbocycles. The number of carbonyl (C=O) groups excluding carboxylic acids is 5. The smallest absolute Gasteiger partial charge is 0.242 e. The second-order valence-electron chi connectivity index (χ2n) is 5.72. The van der Waals surface area contributed by atoms with E-state index in [1.807, 2.05) is 6.92 Å². The summed E-state index contributed by atoms with van der Waals surface area (Å²) in [5, 5.41) is 12.3.